The molecule has 1 heterocycles. The van der Waals surface area contributed by atoms with Crippen molar-refractivity contribution in [2.45, 2.75) is 19.8 Å². The first-order chi connectivity index (χ1) is 14.7. The average molecular weight is 547 g/mol. The molecule has 0 atom stereocenters. The average Bonchev–Trinajstić information content (AvgIpc) is 2.79. The number of ether oxygens (including phenoxy) is 2. The van der Waals surface area contributed by atoms with Crippen LogP contribution in [-0.4, -0.2) is 89.5 Å². The largest absolute Gasteiger partial charge is 0.382 e. The van der Waals surface area contributed by atoms with Gasteiger partial charge in [0, 0.05) is 71.6 Å². The highest BCUT2D eigenvalue weighted by atomic mass is 127. The van der Waals surface area contributed by atoms with Crippen molar-refractivity contribution in [1.29, 1.82) is 0 Å². The number of hydrogen-bond donors (Lipinski definition) is 2. The molecule has 9 heteroatoms. The highest BCUT2D eigenvalue weighted by molar-refractivity contribution is 14.0. The van der Waals surface area contributed by atoms with Gasteiger partial charge in [0.1, 0.15) is 0 Å². The Balaban J connectivity index is 0.00000480. The molecular formula is C22H38IN5O3. The van der Waals surface area contributed by atoms with Crippen molar-refractivity contribution < 1.29 is 14.3 Å². The quantitative estimate of drug-likeness (QED) is 0.180. The Morgan fingerprint density at radius 1 is 1.06 bits per heavy atom. The number of anilines is 1. The first kappa shape index (κ1) is 27.4. The van der Waals surface area contributed by atoms with E-state index in [0.717, 1.165) is 45.1 Å². The van der Waals surface area contributed by atoms with Crippen molar-refractivity contribution in [3.8, 4) is 0 Å². The maximum atomic E-state index is 12.5. The number of hydrogen-bond acceptors (Lipinski definition) is 5. The molecule has 1 aliphatic heterocycles. The van der Waals surface area contributed by atoms with Crippen LogP contribution in [0.3, 0.4) is 0 Å². The van der Waals surface area contributed by atoms with Gasteiger partial charge in [0.05, 0.1) is 13.2 Å². The number of nitrogens with zero attached hydrogens (tertiary/aromatic N) is 3. The monoisotopic (exact) mass is 547 g/mol. The SMILES string of the molecule is CCNC(=NCCCOCCOC)NCCC(=O)N1CCN(c2ccccc2)CC1.I. The van der Waals surface area contributed by atoms with E-state index >= 15 is 0 Å². The van der Waals surface area contributed by atoms with Crippen LogP contribution in [0.2, 0.25) is 0 Å². The van der Waals surface area contributed by atoms with E-state index in [9.17, 15) is 4.79 Å². The zero-order valence-corrected chi connectivity index (χ0v) is 21.2. The lowest BCUT2D eigenvalue weighted by Gasteiger charge is -2.36. The van der Waals surface area contributed by atoms with Crippen LogP contribution in [0.15, 0.2) is 35.3 Å². The molecule has 2 rings (SSSR count). The van der Waals surface area contributed by atoms with Gasteiger partial charge < -0.3 is 29.9 Å². The lowest BCUT2D eigenvalue weighted by molar-refractivity contribution is -0.131. The Bertz CT molecular complexity index is 625. The van der Waals surface area contributed by atoms with Crippen LogP contribution in [0.25, 0.3) is 0 Å². The summed E-state index contributed by atoms with van der Waals surface area (Å²) >= 11 is 0. The van der Waals surface area contributed by atoms with Gasteiger partial charge in [-0.05, 0) is 25.5 Å². The van der Waals surface area contributed by atoms with E-state index in [1.165, 1.54) is 5.69 Å². The first-order valence-corrected chi connectivity index (χ1v) is 10.9. The van der Waals surface area contributed by atoms with E-state index < -0.39 is 0 Å². The van der Waals surface area contributed by atoms with Crippen molar-refractivity contribution in [2.24, 2.45) is 4.99 Å². The molecule has 2 N–H and O–H groups in total. The summed E-state index contributed by atoms with van der Waals surface area (Å²) in [6.45, 7) is 9.25. The summed E-state index contributed by atoms with van der Waals surface area (Å²) in [5.41, 5.74) is 1.22. The van der Waals surface area contributed by atoms with Gasteiger partial charge in [0.25, 0.3) is 0 Å². The number of nitrogens with one attached hydrogen (secondary N) is 2. The summed E-state index contributed by atoms with van der Waals surface area (Å²) in [6, 6.07) is 10.4. The standard InChI is InChI=1S/C22H37N5O3.HI/c1-3-23-22(24-11-7-17-30-19-18-29-2)25-12-10-21(28)27-15-13-26(14-16-27)20-8-5-4-6-9-20;/h4-6,8-9H,3,7,10-19H2,1-2H3,(H2,23,24,25);1H. The van der Waals surface area contributed by atoms with Gasteiger partial charge >= 0.3 is 0 Å². The molecule has 0 spiro atoms. The molecule has 0 unspecified atom stereocenters. The van der Waals surface area contributed by atoms with E-state index in [1.807, 2.05) is 17.9 Å². The minimum atomic E-state index is 0. The molecule has 31 heavy (non-hydrogen) atoms. The molecule has 0 saturated carbocycles. The fourth-order valence-electron chi connectivity index (χ4n) is 3.24. The summed E-state index contributed by atoms with van der Waals surface area (Å²) in [6.07, 6.45) is 1.32. The van der Waals surface area contributed by atoms with Crippen LogP contribution >= 0.6 is 24.0 Å². The Morgan fingerprint density at radius 2 is 1.81 bits per heavy atom. The Morgan fingerprint density at radius 3 is 2.48 bits per heavy atom. The summed E-state index contributed by atoms with van der Waals surface area (Å²) in [5, 5.41) is 6.47. The topological polar surface area (TPSA) is 78.4 Å². The molecule has 1 aromatic carbocycles. The van der Waals surface area contributed by atoms with Gasteiger partial charge in [0.15, 0.2) is 5.96 Å². The van der Waals surface area contributed by atoms with Crippen LogP contribution in [0.1, 0.15) is 19.8 Å². The zero-order valence-electron chi connectivity index (χ0n) is 18.8. The normalized spacial score (nSPS) is 14.2. The van der Waals surface area contributed by atoms with Crippen molar-refractivity contribution in [2.75, 3.05) is 77.6 Å². The Labute approximate surface area is 203 Å². The molecular weight excluding hydrogens is 509 g/mol. The maximum Gasteiger partial charge on any atom is 0.224 e. The number of benzene rings is 1. The molecule has 8 nitrogen and oxygen atoms in total. The number of aliphatic imine (C=N–C) groups is 1. The minimum absolute atomic E-state index is 0. The number of methoxy groups -OCH3 is 1. The second-order valence-electron chi connectivity index (χ2n) is 7.10. The van der Waals surface area contributed by atoms with Crippen LogP contribution in [-0.2, 0) is 14.3 Å². The van der Waals surface area contributed by atoms with E-state index in [0.29, 0.717) is 39.3 Å². The number of guanidine groups is 1. The van der Waals surface area contributed by atoms with Gasteiger partial charge in [-0.1, -0.05) is 18.2 Å². The molecule has 0 aliphatic carbocycles. The number of rotatable bonds is 12. The predicted octanol–water partition coefficient (Wildman–Crippen LogP) is 1.95. The van der Waals surface area contributed by atoms with E-state index in [-0.39, 0.29) is 29.9 Å². The summed E-state index contributed by atoms with van der Waals surface area (Å²) in [4.78, 5) is 21.4. The third-order valence-electron chi connectivity index (χ3n) is 4.88. The van der Waals surface area contributed by atoms with E-state index in [4.69, 9.17) is 9.47 Å². The molecule has 1 amide bonds. The number of para-hydroxylation sites is 1. The molecule has 1 aliphatic rings. The van der Waals surface area contributed by atoms with Gasteiger partial charge in [-0.15, -0.1) is 24.0 Å². The number of piperazine rings is 1. The summed E-state index contributed by atoms with van der Waals surface area (Å²) < 4.78 is 10.4. The summed E-state index contributed by atoms with van der Waals surface area (Å²) in [5.74, 6) is 0.939. The van der Waals surface area contributed by atoms with Crippen LogP contribution in [0.4, 0.5) is 5.69 Å². The lowest BCUT2D eigenvalue weighted by Crippen LogP contribution is -2.49. The smallest absolute Gasteiger partial charge is 0.224 e. The molecule has 1 fully saturated rings. The third-order valence-corrected chi connectivity index (χ3v) is 4.88. The Hall–Kier alpha value is -1.59. The molecule has 0 aromatic heterocycles. The van der Waals surface area contributed by atoms with Crippen LogP contribution < -0.4 is 15.5 Å². The van der Waals surface area contributed by atoms with Crippen molar-refractivity contribution in [1.82, 2.24) is 15.5 Å². The highest BCUT2D eigenvalue weighted by Crippen LogP contribution is 2.15. The molecule has 176 valence electrons. The highest BCUT2D eigenvalue weighted by Gasteiger charge is 2.20. The zero-order chi connectivity index (χ0) is 21.4. The number of carbonyl (C=O) groups excluding carboxylic acids is 1. The molecule has 1 aromatic rings. The fraction of sp³-hybridized carbons (Fsp3) is 0.636. The fourth-order valence-corrected chi connectivity index (χ4v) is 3.24. The van der Waals surface area contributed by atoms with Crippen molar-refractivity contribution >= 4 is 41.5 Å². The first-order valence-electron chi connectivity index (χ1n) is 10.9. The van der Waals surface area contributed by atoms with Crippen LogP contribution in [0.5, 0.6) is 0 Å². The predicted molar refractivity (Wildman–Crippen MR) is 137 cm³/mol. The van der Waals surface area contributed by atoms with Gasteiger partial charge in [0.2, 0.25) is 5.91 Å². The van der Waals surface area contributed by atoms with Crippen molar-refractivity contribution in [3.05, 3.63) is 30.3 Å². The maximum absolute atomic E-state index is 12.5. The molecule has 0 radical (unpaired) electrons. The Kier molecular flexibility index (Phi) is 15.1. The molecule has 0 bridgehead atoms. The van der Waals surface area contributed by atoms with Gasteiger partial charge in [-0.25, -0.2) is 0 Å². The molecule has 1 saturated heterocycles. The lowest BCUT2D eigenvalue weighted by atomic mass is 10.2. The minimum Gasteiger partial charge on any atom is -0.382 e. The van der Waals surface area contributed by atoms with E-state index in [1.54, 1.807) is 7.11 Å². The van der Waals surface area contributed by atoms with E-state index in [2.05, 4.69) is 44.8 Å². The van der Waals surface area contributed by atoms with Gasteiger partial charge in [-0.3, -0.25) is 9.79 Å². The van der Waals surface area contributed by atoms with Crippen LogP contribution in [0, 0.1) is 0 Å². The second kappa shape index (κ2) is 17.0. The summed E-state index contributed by atoms with van der Waals surface area (Å²) in [7, 11) is 1.66. The number of amides is 1. The third kappa shape index (κ3) is 11.0. The number of carbonyl (C=O) groups is 1. The van der Waals surface area contributed by atoms with Crippen molar-refractivity contribution in [3.63, 3.8) is 0 Å². The number of halogens is 1. The van der Waals surface area contributed by atoms with Gasteiger partial charge in [-0.2, -0.15) is 0 Å². The second-order valence-corrected chi connectivity index (χ2v) is 7.10.